The number of pyridine rings is 1. The lowest BCUT2D eigenvalue weighted by atomic mass is 10.1. The van der Waals surface area contributed by atoms with Gasteiger partial charge in [0, 0.05) is 52.2 Å². The molecule has 0 radical (unpaired) electrons. The molecule has 2 rings (SSSR count). The molecule has 1 aromatic heterocycles. The molecule has 0 aliphatic heterocycles. The molecule has 0 fully saturated rings. The zero-order valence-electron chi connectivity index (χ0n) is 16.9. The number of hydrogen-bond acceptors (Lipinski definition) is 5. The SMILES string of the molecule is CN=C(NCc1cc(F)ccc1CS(C)(=O)=O)NCc1cccnc1N(C)C.I. The first-order valence-electron chi connectivity index (χ1n) is 8.70. The molecule has 0 unspecified atom stereocenters. The summed E-state index contributed by atoms with van der Waals surface area (Å²) in [5, 5.41) is 6.30. The number of sulfone groups is 1. The van der Waals surface area contributed by atoms with Gasteiger partial charge in [-0.2, -0.15) is 0 Å². The van der Waals surface area contributed by atoms with E-state index in [2.05, 4.69) is 20.6 Å². The maximum Gasteiger partial charge on any atom is 0.191 e. The van der Waals surface area contributed by atoms with Gasteiger partial charge >= 0.3 is 0 Å². The maximum atomic E-state index is 13.6. The van der Waals surface area contributed by atoms with Gasteiger partial charge in [0.05, 0.1) is 5.75 Å². The third-order valence-corrected chi connectivity index (χ3v) is 4.83. The second-order valence-corrected chi connectivity index (χ2v) is 8.78. The molecule has 10 heteroatoms. The number of aromatic nitrogens is 1. The van der Waals surface area contributed by atoms with Crippen molar-refractivity contribution in [3.8, 4) is 0 Å². The van der Waals surface area contributed by atoms with Crippen molar-refractivity contribution < 1.29 is 12.8 Å². The molecule has 0 aliphatic carbocycles. The second-order valence-electron chi connectivity index (χ2n) is 6.64. The Morgan fingerprint density at radius 3 is 2.38 bits per heavy atom. The van der Waals surface area contributed by atoms with Crippen molar-refractivity contribution in [2.45, 2.75) is 18.8 Å². The number of guanidine groups is 1. The van der Waals surface area contributed by atoms with Gasteiger partial charge in [0.1, 0.15) is 11.6 Å². The molecule has 0 bridgehead atoms. The highest BCUT2D eigenvalue weighted by atomic mass is 127. The zero-order chi connectivity index (χ0) is 20.7. The number of anilines is 1. The Bertz CT molecular complexity index is 951. The predicted molar refractivity (Wildman–Crippen MR) is 126 cm³/mol. The number of benzene rings is 1. The van der Waals surface area contributed by atoms with Gasteiger partial charge in [-0.15, -0.1) is 24.0 Å². The number of halogens is 2. The molecule has 2 aromatic rings. The molecule has 0 saturated heterocycles. The van der Waals surface area contributed by atoms with Crippen molar-refractivity contribution in [1.29, 1.82) is 0 Å². The Morgan fingerprint density at radius 1 is 1.14 bits per heavy atom. The van der Waals surface area contributed by atoms with E-state index in [1.165, 1.54) is 18.2 Å². The number of aliphatic imine (C=N–C) groups is 1. The van der Waals surface area contributed by atoms with Crippen LogP contribution in [0.5, 0.6) is 0 Å². The Hall–Kier alpha value is -1.95. The number of hydrogen-bond donors (Lipinski definition) is 2. The van der Waals surface area contributed by atoms with Gasteiger partial charge in [0.15, 0.2) is 15.8 Å². The summed E-state index contributed by atoms with van der Waals surface area (Å²) < 4.78 is 36.9. The molecule has 0 atom stereocenters. The van der Waals surface area contributed by atoms with Crippen molar-refractivity contribution in [3.63, 3.8) is 0 Å². The van der Waals surface area contributed by atoms with Gasteiger partial charge in [-0.05, 0) is 29.3 Å². The quantitative estimate of drug-likeness (QED) is 0.322. The van der Waals surface area contributed by atoms with E-state index in [1.54, 1.807) is 13.2 Å². The molecule has 160 valence electrons. The van der Waals surface area contributed by atoms with Crippen LogP contribution < -0.4 is 15.5 Å². The zero-order valence-corrected chi connectivity index (χ0v) is 20.1. The summed E-state index contributed by atoms with van der Waals surface area (Å²) in [7, 11) is 2.26. The molecule has 1 heterocycles. The topological polar surface area (TPSA) is 86.7 Å². The predicted octanol–water partition coefficient (Wildman–Crippen LogP) is 2.31. The molecule has 2 N–H and O–H groups in total. The van der Waals surface area contributed by atoms with Crippen LogP contribution in [0.25, 0.3) is 0 Å². The minimum Gasteiger partial charge on any atom is -0.362 e. The first kappa shape index (κ1) is 25.1. The molecule has 29 heavy (non-hydrogen) atoms. The van der Waals surface area contributed by atoms with Crippen LogP contribution in [0.2, 0.25) is 0 Å². The molecular weight excluding hydrogens is 508 g/mol. The van der Waals surface area contributed by atoms with E-state index in [0.717, 1.165) is 17.6 Å². The maximum absolute atomic E-state index is 13.6. The lowest BCUT2D eigenvalue weighted by Crippen LogP contribution is -2.37. The van der Waals surface area contributed by atoms with Gasteiger partial charge in [-0.1, -0.05) is 12.1 Å². The van der Waals surface area contributed by atoms with Gasteiger partial charge < -0.3 is 15.5 Å². The first-order valence-corrected chi connectivity index (χ1v) is 10.8. The van der Waals surface area contributed by atoms with Crippen molar-refractivity contribution in [3.05, 3.63) is 59.0 Å². The summed E-state index contributed by atoms with van der Waals surface area (Å²) in [6.45, 7) is 0.746. The molecular formula is C19H27FIN5O2S. The molecule has 7 nitrogen and oxygen atoms in total. The average molecular weight is 535 g/mol. The molecule has 0 amide bonds. The van der Waals surface area contributed by atoms with Crippen LogP contribution in [-0.2, 0) is 28.7 Å². The van der Waals surface area contributed by atoms with Gasteiger partial charge in [0.25, 0.3) is 0 Å². The van der Waals surface area contributed by atoms with E-state index >= 15 is 0 Å². The van der Waals surface area contributed by atoms with E-state index in [-0.39, 0.29) is 36.3 Å². The molecule has 0 spiro atoms. The number of nitrogens with zero attached hydrogens (tertiary/aromatic N) is 3. The van der Waals surface area contributed by atoms with Crippen LogP contribution in [0.1, 0.15) is 16.7 Å². The molecule has 1 aromatic carbocycles. The van der Waals surface area contributed by atoms with E-state index in [1.807, 2.05) is 31.1 Å². The van der Waals surface area contributed by atoms with Crippen LogP contribution in [0.15, 0.2) is 41.5 Å². The largest absolute Gasteiger partial charge is 0.362 e. The monoisotopic (exact) mass is 535 g/mol. The van der Waals surface area contributed by atoms with Gasteiger partial charge in [0.2, 0.25) is 0 Å². The second kappa shape index (κ2) is 11.3. The summed E-state index contributed by atoms with van der Waals surface area (Å²) in [4.78, 5) is 10.5. The van der Waals surface area contributed by atoms with Crippen molar-refractivity contribution >= 4 is 45.6 Å². The fraction of sp³-hybridized carbons (Fsp3) is 0.368. The van der Waals surface area contributed by atoms with Gasteiger partial charge in [-0.3, -0.25) is 4.99 Å². The van der Waals surface area contributed by atoms with Crippen LogP contribution in [-0.4, -0.2) is 46.8 Å². The van der Waals surface area contributed by atoms with Gasteiger partial charge in [-0.25, -0.2) is 17.8 Å². The van der Waals surface area contributed by atoms with Crippen molar-refractivity contribution in [1.82, 2.24) is 15.6 Å². The van der Waals surface area contributed by atoms with E-state index < -0.39 is 15.7 Å². The third kappa shape index (κ3) is 8.13. The summed E-state index contributed by atoms with van der Waals surface area (Å²) in [6.07, 6.45) is 2.89. The summed E-state index contributed by atoms with van der Waals surface area (Å²) >= 11 is 0. The van der Waals surface area contributed by atoms with Crippen LogP contribution in [0, 0.1) is 5.82 Å². The Morgan fingerprint density at radius 2 is 1.79 bits per heavy atom. The van der Waals surface area contributed by atoms with Crippen molar-refractivity contribution in [2.75, 3.05) is 32.3 Å². The minimum absolute atomic E-state index is 0. The Labute approximate surface area is 188 Å². The van der Waals surface area contributed by atoms with Crippen LogP contribution in [0.4, 0.5) is 10.2 Å². The lowest BCUT2D eigenvalue weighted by molar-refractivity contribution is 0.599. The Balaban J connectivity index is 0.00000420. The summed E-state index contributed by atoms with van der Waals surface area (Å²) in [5.41, 5.74) is 2.14. The highest BCUT2D eigenvalue weighted by molar-refractivity contribution is 14.0. The highest BCUT2D eigenvalue weighted by Gasteiger charge is 2.12. The minimum atomic E-state index is -3.22. The summed E-state index contributed by atoms with van der Waals surface area (Å²) in [6, 6.07) is 7.95. The smallest absolute Gasteiger partial charge is 0.191 e. The normalized spacial score (nSPS) is 11.6. The Kier molecular flexibility index (Phi) is 9.77. The van der Waals surface area contributed by atoms with Crippen molar-refractivity contribution in [2.24, 2.45) is 4.99 Å². The van der Waals surface area contributed by atoms with E-state index in [9.17, 15) is 12.8 Å². The fourth-order valence-electron chi connectivity index (χ4n) is 2.73. The average Bonchev–Trinajstić information content (AvgIpc) is 2.63. The first-order chi connectivity index (χ1) is 13.2. The number of nitrogens with one attached hydrogen (secondary N) is 2. The molecule has 0 saturated carbocycles. The standard InChI is InChI=1S/C19H26FN5O2S.HI/c1-21-19(23-11-14-6-5-9-22-18(14)25(2)3)24-12-16-10-17(20)8-7-15(16)13-28(4,26)27;/h5-10H,11-13H2,1-4H3,(H2,21,23,24);1H. The lowest BCUT2D eigenvalue weighted by Gasteiger charge is -2.18. The summed E-state index contributed by atoms with van der Waals surface area (Å²) in [5.74, 6) is 0.815. The van der Waals surface area contributed by atoms with E-state index in [0.29, 0.717) is 23.6 Å². The van der Waals surface area contributed by atoms with E-state index in [4.69, 9.17) is 0 Å². The van der Waals surface area contributed by atoms with Crippen LogP contribution >= 0.6 is 24.0 Å². The van der Waals surface area contributed by atoms with Crippen LogP contribution in [0.3, 0.4) is 0 Å². The highest BCUT2D eigenvalue weighted by Crippen LogP contribution is 2.15. The third-order valence-electron chi connectivity index (χ3n) is 3.99. The number of rotatable bonds is 7. The fourth-order valence-corrected chi connectivity index (χ4v) is 3.58. The molecule has 0 aliphatic rings.